The van der Waals surface area contributed by atoms with Crippen LogP contribution in [0.25, 0.3) is 10.9 Å². The number of hydrogen-bond donors (Lipinski definition) is 5. The van der Waals surface area contributed by atoms with Crippen LogP contribution < -0.4 is 25.7 Å². The lowest BCUT2D eigenvalue weighted by Crippen LogP contribution is -2.52. The molecule has 3 aliphatic heterocycles. The number of nitrogens with zero attached hydrogens (tertiary/aromatic N) is 1. The van der Waals surface area contributed by atoms with Crippen LogP contribution in [-0.2, 0) is 22.6 Å². The van der Waals surface area contributed by atoms with Crippen molar-refractivity contribution in [1.82, 2.24) is 20.5 Å². The highest BCUT2D eigenvalue weighted by atomic mass is 16.6. The summed E-state index contributed by atoms with van der Waals surface area (Å²) in [6.45, 7) is 4.20. The fraction of sp³-hybridized carbons (Fsp3) is 0.286. The van der Waals surface area contributed by atoms with Crippen LogP contribution in [0.5, 0.6) is 17.2 Å². The van der Waals surface area contributed by atoms with E-state index in [4.69, 9.17) is 18.9 Å². The Labute approximate surface area is 359 Å². The summed E-state index contributed by atoms with van der Waals surface area (Å²) >= 11 is 0. The molecule has 0 spiro atoms. The lowest BCUT2D eigenvalue weighted by atomic mass is 9.86. The van der Waals surface area contributed by atoms with E-state index in [0.717, 1.165) is 54.7 Å². The monoisotopic (exact) mass is 838 g/mol. The molecule has 9 rings (SSSR count). The SMILES string of the molecule is O=C(NC(c1ccccc1)c1cccc(OCc2ccc(C(=O)OCCOc3ccc(CNC[C@@H](O)c4ccc(O)c5[nH]c(=O)ccc45)cc3)cc2)c1)O[C@H]1CN2CCC1CC2. The number of hydrogen-bond acceptors (Lipinski definition) is 11. The van der Waals surface area contributed by atoms with Gasteiger partial charge in [-0.05, 0) is 108 Å². The highest BCUT2D eigenvalue weighted by Crippen LogP contribution is 2.32. The maximum atomic E-state index is 13.2. The molecule has 5 N–H and O–H groups in total. The minimum Gasteiger partial charge on any atom is -0.506 e. The van der Waals surface area contributed by atoms with Crippen LogP contribution in [0.15, 0.2) is 132 Å². The van der Waals surface area contributed by atoms with E-state index in [1.165, 1.54) is 12.1 Å². The topological polar surface area (TPSA) is 172 Å². The van der Waals surface area contributed by atoms with E-state index >= 15 is 0 Å². The van der Waals surface area contributed by atoms with Crippen LogP contribution >= 0.6 is 0 Å². The summed E-state index contributed by atoms with van der Waals surface area (Å²) in [5.41, 5.74) is 4.60. The molecular formula is C49H50N4O9. The number of rotatable bonds is 17. The summed E-state index contributed by atoms with van der Waals surface area (Å²) in [6.07, 6.45) is 0.745. The lowest BCUT2D eigenvalue weighted by Gasteiger charge is -2.43. The van der Waals surface area contributed by atoms with Gasteiger partial charge in [-0.3, -0.25) is 9.69 Å². The molecule has 320 valence electrons. The number of alkyl carbamates (subject to hydrolysis) is 1. The van der Waals surface area contributed by atoms with Crippen molar-refractivity contribution < 1.29 is 38.7 Å². The van der Waals surface area contributed by atoms with Gasteiger partial charge in [-0.25, -0.2) is 9.59 Å². The largest absolute Gasteiger partial charge is 0.506 e. The second-order valence-electron chi connectivity index (χ2n) is 15.7. The van der Waals surface area contributed by atoms with Crippen molar-refractivity contribution in [2.75, 3.05) is 39.4 Å². The number of pyridine rings is 1. The summed E-state index contributed by atoms with van der Waals surface area (Å²) in [5, 5.41) is 27.8. The molecule has 2 bridgehead atoms. The van der Waals surface area contributed by atoms with Crippen molar-refractivity contribution in [1.29, 1.82) is 0 Å². The van der Waals surface area contributed by atoms with Gasteiger partial charge in [-0.2, -0.15) is 0 Å². The average Bonchev–Trinajstić information content (AvgIpc) is 3.30. The first kappa shape index (κ1) is 42.0. The van der Waals surface area contributed by atoms with E-state index in [2.05, 4.69) is 20.5 Å². The highest BCUT2D eigenvalue weighted by molar-refractivity contribution is 5.89. The molecule has 3 saturated heterocycles. The van der Waals surface area contributed by atoms with Crippen LogP contribution in [0.1, 0.15) is 63.2 Å². The molecule has 1 aromatic heterocycles. The van der Waals surface area contributed by atoms with Crippen molar-refractivity contribution in [3.63, 3.8) is 0 Å². The number of nitrogens with one attached hydrogen (secondary N) is 3. The fourth-order valence-electron chi connectivity index (χ4n) is 8.12. The van der Waals surface area contributed by atoms with Crippen LogP contribution in [0, 0.1) is 5.92 Å². The number of amides is 1. The molecule has 6 aromatic rings. The number of benzene rings is 5. The normalized spacial score (nSPS) is 17.8. The number of aromatic amines is 1. The van der Waals surface area contributed by atoms with E-state index in [-0.39, 0.29) is 43.8 Å². The number of carbonyl (C=O) groups is 2. The summed E-state index contributed by atoms with van der Waals surface area (Å²) in [7, 11) is 0. The number of aliphatic hydroxyl groups excluding tert-OH is 1. The number of ether oxygens (including phenoxy) is 4. The molecule has 3 atom stereocenters. The standard InChI is InChI=1S/C49H50N4O9/c54-42-19-17-40(41-18-20-45(56)51-47(41)42)43(55)29-50-28-32-11-15-38(16-12-32)59-25-26-60-48(57)36-13-9-33(10-14-36)31-61-39-8-4-7-37(27-39)46(35-5-2-1-3-6-35)52-49(58)62-44-30-53-23-21-34(44)22-24-53/h1-20,27,34,43-44,46,50,54-55H,21-26,28-31H2,(H,51,56)(H,52,58)/t43-,44+,46?/m1/s1. The summed E-state index contributed by atoms with van der Waals surface area (Å²) in [4.78, 5) is 42.7. The number of phenolic OH excluding ortho intramolecular Hbond substituents is 1. The number of aromatic hydroxyl groups is 1. The maximum absolute atomic E-state index is 13.2. The number of phenols is 1. The molecule has 0 saturated carbocycles. The Hall–Kier alpha value is -6.67. The van der Waals surface area contributed by atoms with Gasteiger partial charge >= 0.3 is 12.1 Å². The van der Waals surface area contributed by atoms with Crippen molar-refractivity contribution >= 4 is 23.0 Å². The van der Waals surface area contributed by atoms with Gasteiger partial charge in [-0.15, -0.1) is 0 Å². The Kier molecular flexibility index (Phi) is 13.4. The van der Waals surface area contributed by atoms with Gasteiger partial charge in [0.25, 0.3) is 0 Å². The number of aliphatic hydroxyl groups is 1. The van der Waals surface area contributed by atoms with E-state index in [1.54, 1.807) is 24.3 Å². The first-order valence-corrected chi connectivity index (χ1v) is 20.9. The number of fused-ring (bicyclic) bond motifs is 4. The average molecular weight is 839 g/mol. The summed E-state index contributed by atoms with van der Waals surface area (Å²) < 4.78 is 23.4. The first-order chi connectivity index (χ1) is 30.3. The predicted octanol–water partition coefficient (Wildman–Crippen LogP) is 6.78. The quantitative estimate of drug-likeness (QED) is 0.0485. The van der Waals surface area contributed by atoms with Crippen molar-refractivity contribution in [2.45, 2.75) is 44.2 Å². The molecule has 0 aliphatic carbocycles. The van der Waals surface area contributed by atoms with Gasteiger partial charge in [0.1, 0.15) is 43.2 Å². The molecular weight excluding hydrogens is 789 g/mol. The van der Waals surface area contributed by atoms with Crippen LogP contribution in [0.3, 0.4) is 0 Å². The Morgan fingerprint density at radius 2 is 1.55 bits per heavy atom. The van der Waals surface area contributed by atoms with Crippen molar-refractivity contribution in [2.24, 2.45) is 5.92 Å². The third-order valence-electron chi connectivity index (χ3n) is 11.5. The Bertz CT molecular complexity index is 2510. The molecule has 3 aliphatic rings. The van der Waals surface area contributed by atoms with E-state index in [0.29, 0.717) is 46.0 Å². The number of esters is 1. The maximum Gasteiger partial charge on any atom is 0.408 e. The lowest BCUT2D eigenvalue weighted by molar-refractivity contribution is -0.0336. The molecule has 13 heteroatoms. The molecule has 0 radical (unpaired) electrons. The second-order valence-corrected chi connectivity index (χ2v) is 15.7. The molecule has 5 aromatic carbocycles. The highest BCUT2D eigenvalue weighted by Gasteiger charge is 2.37. The Morgan fingerprint density at radius 3 is 2.31 bits per heavy atom. The molecule has 62 heavy (non-hydrogen) atoms. The second kappa shape index (κ2) is 19.8. The molecule has 1 amide bonds. The van der Waals surface area contributed by atoms with Crippen LogP contribution in [0.2, 0.25) is 0 Å². The third-order valence-corrected chi connectivity index (χ3v) is 11.5. The van der Waals surface area contributed by atoms with Crippen molar-refractivity contribution in [3.05, 3.63) is 171 Å². The van der Waals surface area contributed by atoms with Gasteiger partial charge in [0.05, 0.1) is 23.2 Å². The van der Waals surface area contributed by atoms with Gasteiger partial charge < -0.3 is 44.8 Å². The first-order valence-electron chi connectivity index (χ1n) is 20.9. The number of piperidine rings is 3. The number of aromatic nitrogens is 1. The molecule has 4 heterocycles. The Morgan fingerprint density at radius 1 is 0.790 bits per heavy atom. The van der Waals surface area contributed by atoms with Gasteiger partial charge in [0, 0.05) is 31.1 Å². The smallest absolute Gasteiger partial charge is 0.408 e. The summed E-state index contributed by atoms with van der Waals surface area (Å²) in [6, 6.07) is 37.6. The van der Waals surface area contributed by atoms with Crippen LogP contribution in [0.4, 0.5) is 4.79 Å². The zero-order valence-electron chi connectivity index (χ0n) is 34.2. The predicted molar refractivity (Wildman–Crippen MR) is 233 cm³/mol. The minimum absolute atomic E-state index is 0.0570. The van der Waals surface area contributed by atoms with E-state index < -0.39 is 24.2 Å². The van der Waals surface area contributed by atoms with E-state index in [9.17, 15) is 24.6 Å². The fourth-order valence-corrected chi connectivity index (χ4v) is 8.12. The zero-order chi connectivity index (χ0) is 42.8. The van der Waals surface area contributed by atoms with Crippen LogP contribution in [-0.4, -0.2) is 77.7 Å². The van der Waals surface area contributed by atoms with Gasteiger partial charge in [0.2, 0.25) is 5.56 Å². The zero-order valence-corrected chi connectivity index (χ0v) is 34.2. The third kappa shape index (κ3) is 10.6. The molecule has 13 nitrogen and oxygen atoms in total. The van der Waals surface area contributed by atoms with E-state index in [1.807, 2.05) is 91.0 Å². The Balaban J connectivity index is 0.762. The van der Waals surface area contributed by atoms with Crippen molar-refractivity contribution in [3.8, 4) is 17.2 Å². The summed E-state index contributed by atoms with van der Waals surface area (Å²) in [5.74, 6) is 1.16. The van der Waals surface area contributed by atoms with Gasteiger partial charge in [0.15, 0.2) is 0 Å². The minimum atomic E-state index is -0.863. The number of carbonyl (C=O) groups excluding carboxylic acids is 2. The number of H-pyrrole nitrogens is 1. The molecule has 1 unspecified atom stereocenters. The molecule has 3 fully saturated rings. The van der Waals surface area contributed by atoms with Gasteiger partial charge in [-0.1, -0.05) is 72.8 Å².